The maximum absolute atomic E-state index is 12.9. The first-order chi connectivity index (χ1) is 19.1. The second kappa shape index (κ2) is 11.1. The molecular formula is C30H25N3O5S. The van der Waals surface area contributed by atoms with Crippen LogP contribution in [0.2, 0.25) is 0 Å². The van der Waals surface area contributed by atoms with Crippen LogP contribution in [0.4, 0.5) is 5.69 Å². The number of benzene rings is 3. The van der Waals surface area contributed by atoms with Crippen LogP contribution >= 0.6 is 11.8 Å². The van der Waals surface area contributed by atoms with Crippen LogP contribution in [0, 0.1) is 0 Å². The molecule has 0 saturated carbocycles. The Morgan fingerprint density at radius 1 is 0.821 bits per heavy atom. The minimum absolute atomic E-state index is 0.0205. The molecule has 0 radical (unpaired) electrons. The number of carbonyl (C=O) groups excluding carboxylic acids is 2. The number of aliphatic hydroxyl groups is 1. The van der Waals surface area contributed by atoms with Crippen LogP contribution in [0.25, 0.3) is 0 Å². The van der Waals surface area contributed by atoms with Gasteiger partial charge in [0.05, 0.1) is 35.6 Å². The Bertz CT molecular complexity index is 1450. The number of ether oxygens (including phenoxy) is 2. The maximum atomic E-state index is 12.9. The molecule has 3 atom stereocenters. The van der Waals surface area contributed by atoms with Gasteiger partial charge in [0, 0.05) is 30.1 Å². The van der Waals surface area contributed by atoms with Crippen molar-refractivity contribution in [2.45, 2.75) is 36.7 Å². The average Bonchev–Trinajstić information content (AvgIpc) is 3.26. The highest BCUT2D eigenvalue weighted by atomic mass is 32.2. The van der Waals surface area contributed by atoms with Gasteiger partial charge in [-0.15, -0.1) is 0 Å². The van der Waals surface area contributed by atoms with E-state index < -0.39 is 6.29 Å². The lowest BCUT2D eigenvalue weighted by Gasteiger charge is -2.36. The molecular weight excluding hydrogens is 514 g/mol. The van der Waals surface area contributed by atoms with Crippen molar-refractivity contribution in [2.24, 2.45) is 0 Å². The summed E-state index contributed by atoms with van der Waals surface area (Å²) in [6.45, 7) is -0.0205. The summed E-state index contributed by atoms with van der Waals surface area (Å²) in [5, 5.41) is 10.1. The van der Waals surface area contributed by atoms with E-state index in [9.17, 15) is 14.7 Å². The molecule has 1 saturated heterocycles. The smallest absolute Gasteiger partial charge is 0.266 e. The number of fused-ring (bicyclic) bond motifs is 1. The molecule has 8 nitrogen and oxygen atoms in total. The van der Waals surface area contributed by atoms with Crippen LogP contribution < -0.4 is 4.90 Å². The highest BCUT2D eigenvalue weighted by Gasteiger charge is 2.37. The standard InChI is InChI=1S/C30H25N3O5S/c34-17-19-6-8-20(9-7-19)26-16-23(18-39-30-31-14-3-15-32-30)37-29(38-26)21-10-12-22(13-11-21)33-27(35)24-4-1-2-5-25(24)28(33)36/h1-15,23,26,29,34H,16-18H2. The fourth-order valence-corrected chi connectivity index (χ4v) is 5.57. The minimum Gasteiger partial charge on any atom is -0.392 e. The average molecular weight is 540 g/mol. The molecule has 39 heavy (non-hydrogen) atoms. The fraction of sp³-hybridized carbons (Fsp3) is 0.200. The SMILES string of the molecule is O=C1c2ccccc2C(=O)N1c1ccc(C2OC(CSc3ncccn3)CC(c3ccc(CO)cc3)O2)cc1. The summed E-state index contributed by atoms with van der Waals surface area (Å²) in [6.07, 6.45) is 3.04. The first-order valence-electron chi connectivity index (χ1n) is 12.6. The third-order valence-electron chi connectivity index (χ3n) is 6.77. The Hall–Kier alpha value is -3.89. The second-order valence-electron chi connectivity index (χ2n) is 9.28. The Balaban J connectivity index is 1.23. The van der Waals surface area contributed by atoms with Crippen molar-refractivity contribution in [1.29, 1.82) is 0 Å². The predicted octanol–water partition coefficient (Wildman–Crippen LogP) is 5.11. The van der Waals surface area contributed by atoms with Crippen LogP contribution in [-0.4, -0.2) is 38.7 Å². The monoisotopic (exact) mass is 539 g/mol. The van der Waals surface area contributed by atoms with Gasteiger partial charge < -0.3 is 14.6 Å². The number of carbonyl (C=O) groups is 2. The summed E-state index contributed by atoms with van der Waals surface area (Å²) in [7, 11) is 0. The molecule has 1 fully saturated rings. The third-order valence-corrected chi connectivity index (χ3v) is 7.78. The van der Waals surface area contributed by atoms with Gasteiger partial charge in [-0.25, -0.2) is 14.9 Å². The molecule has 4 aromatic rings. The zero-order valence-corrected chi connectivity index (χ0v) is 21.7. The molecule has 0 spiro atoms. The Labute approximate surface area is 229 Å². The molecule has 0 aliphatic carbocycles. The lowest BCUT2D eigenvalue weighted by molar-refractivity contribution is -0.245. The number of hydrogen-bond acceptors (Lipinski definition) is 8. The van der Waals surface area contributed by atoms with E-state index in [2.05, 4.69) is 9.97 Å². The number of aliphatic hydroxyl groups excluding tert-OH is 1. The normalized spacial score (nSPS) is 20.7. The molecule has 0 bridgehead atoms. The van der Waals surface area contributed by atoms with Gasteiger partial charge in [0.1, 0.15) is 0 Å². The predicted molar refractivity (Wildman–Crippen MR) is 145 cm³/mol. The lowest BCUT2D eigenvalue weighted by atomic mass is 10.0. The molecule has 1 aromatic heterocycles. The number of amides is 2. The van der Waals surface area contributed by atoms with Gasteiger partial charge >= 0.3 is 0 Å². The Kier molecular flexibility index (Phi) is 7.21. The number of rotatable bonds is 7. The summed E-state index contributed by atoms with van der Waals surface area (Å²) in [4.78, 5) is 35.6. The van der Waals surface area contributed by atoms with Crippen LogP contribution in [0.1, 0.15) is 56.2 Å². The van der Waals surface area contributed by atoms with Crippen LogP contribution in [0.5, 0.6) is 0 Å². The van der Waals surface area contributed by atoms with E-state index in [1.807, 2.05) is 36.4 Å². The molecule has 3 aromatic carbocycles. The van der Waals surface area contributed by atoms with Crippen molar-refractivity contribution in [3.05, 3.63) is 119 Å². The lowest BCUT2D eigenvalue weighted by Crippen LogP contribution is -2.31. The number of aromatic nitrogens is 2. The largest absolute Gasteiger partial charge is 0.392 e. The summed E-state index contributed by atoms with van der Waals surface area (Å²) in [6, 6.07) is 23.5. The van der Waals surface area contributed by atoms with Crippen molar-refractivity contribution in [3.8, 4) is 0 Å². The van der Waals surface area contributed by atoms with Gasteiger partial charge in [0.2, 0.25) is 0 Å². The van der Waals surface area contributed by atoms with E-state index in [0.29, 0.717) is 34.1 Å². The van der Waals surface area contributed by atoms with E-state index in [0.717, 1.165) is 16.7 Å². The molecule has 3 heterocycles. The van der Waals surface area contributed by atoms with E-state index in [-0.39, 0.29) is 30.6 Å². The van der Waals surface area contributed by atoms with Gasteiger partial charge in [0.15, 0.2) is 11.4 Å². The number of thioether (sulfide) groups is 1. The van der Waals surface area contributed by atoms with Crippen molar-refractivity contribution in [1.82, 2.24) is 9.97 Å². The van der Waals surface area contributed by atoms with Crippen molar-refractivity contribution in [2.75, 3.05) is 10.7 Å². The number of imide groups is 1. The molecule has 2 aliphatic rings. The highest BCUT2D eigenvalue weighted by Crippen LogP contribution is 2.40. The first kappa shape index (κ1) is 25.4. The van der Waals surface area contributed by atoms with Crippen molar-refractivity contribution in [3.63, 3.8) is 0 Å². The second-order valence-corrected chi connectivity index (χ2v) is 10.3. The van der Waals surface area contributed by atoms with Gasteiger partial charge in [-0.2, -0.15) is 0 Å². The van der Waals surface area contributed by atoms with Crippen molar-refractivity contribution < 1.29 is 24.2 Å². The molecule has 1 N–H and O–H groups in total. The topological polar surface area (TPSA) is 102 Å². The summed E-state index contributed by atoms with van der Waals surface area (Å²) < 4.78 is 12.8. The summed E-state index contributed by atoms with van der Waals surface area (Å²) in [5.41, 5.74) is 3.91. The quantitative estimate of drug-likeness (QED) is 0.197. The third kappa shape index (κ3) is 5.22. The summed E-state index contributed by atoms with van der Waals surface area (Å²) in [5.74, 6) is -0.0253. The maximum Gasteiger partial charge on any atom is 0.266 e. The van der Waals surface area contributed by atoms with Crippen molar-refractivity contribution >= 4 is 29.3 Å². The van der Waals surface area contributed by atoms with Crippen LogP contribution in [0.15, 0.2) is 96.4 Å². The molecule has 3 unspecified atom stereocenters. The highest BCUT2D eigenvalue weighted by molar-refractivity contribution is 7.99. The van der Waals surface area contributed by atoms with E-state index in [4.69, 9.17) is 9.47 Å². The van der Waals surface area contributed by atoms with Gasteiger partial charge in [-0.1, -0.05) is 60.3 Å². The van der Waals surface area contributed by atoms with Gasteiger partial charge in [0.25, 0.3) is 11.8 Å². The number of hydrogen-bond donors (Lipinski definition) is 1. The molecule has 2 aliphatic heterocycles. The van der Waals surface area contributed by atoms with E-state index >= 15 is 0 Å². The molecule has 9 heteroatoms. The molecule has 2 amide bonds. The zero-order chi connectivity index (χ0) is 26.8. The zero-order valence-electron chi connectivity index (χ0n) is 20.8. The van der Waals surface area contributed by atoms with Crippen LogP contribution in [0.3, 0.4) is 0 Å². The first-order valence-corrected chi connectivity index (χ1v) is 13.6. The molecule has 6 rings (SSSR count). The Morgan fingerprint density at radius 3 is 2.10 bits per heavy atom. The van der Waals surface area contributed by atoms with Gasteiger partial charge in [-0.3, -0.25) is 9.59 Å². The van der Waals surface area contributed by atoms with E-state index in [1.54, 1.807) is 54.9 Å². The Morgan fingerprint density at radius 2 is 1.46 bits per heavy atom. The summed E-state index contributed by atoms with van der Waals surface area (Å²) >= 11 is 1.52. The number of anilines is 1. The van der Waals surface area contributed by atoms with Crippen LogP contribution in [-0.2, 0) is 16.1 Å². The minimum atomic E-state index is -0.653. The fourth-order valence-electron chi connectivity index (χ4n) is 4.75. The number of nitrogens with zero attached hydrogens (tertiary/aromatic N) is 3. The molecule has 196 valence electrons. The van der Waals surface area contributed by atoms with E-state index in [1.165, 1.54) is 16.7 Å². The van der Waals surface area contributed by atoms with Gasteiger partial charge in [-0.05, 0) is 41.5 Å².